The molecular weight excluding hydrogens is 292 g/mol. The number of hydrogen-bond acceptors (Lipinski definition) is 4. The zero-order chi connectivity index (χ0) is 17.8. The van der Waals surface area contributed by atoms with Crippen LogP contribution in [0.2, 0.25) is 0 Å². The summed E-state index contributed by atoms with van der Waals surface area (Å²) in [5.41, 5.74) is -0.194. The van der Waals surface area contributed by atoms with Gasteiger partial charge < -0.3 is 20.4 Å². The SMILES string of the molecule is C=c1cc(O)c(=C)c(C(C)(C)CC(=O)N(C)CCCNC)c1O. The van der Waals surface area contributed by atoms with Crippen molar-refractivity contribution in [2.24, 2.45) is 0 Å². The summed E-state index contributed by atoms with van der Waals surface area (Å²) in [4.78, 5) is 14.1. The van der Waals surface area contributed by atoms with Crippen molar-refractivity contribution >= 4 is 19.1 Å². The second-order valence-electron chi connectivity index (χ2n) is 6.59. The Morgan fingerprint density at radius 2 is 1.96 bits per heavy atom. The van der Waals surface area contributed by atoms with Crippen molar-refractivity contribution in [2.45, 2.75) is 32.1 Å². The molecule has 128 valence electrons. The molecule has 0 fully saturated rings. The van der Waals surface area contributed by atoms with Crippen molar-refractivity contribution in [3.05, 3.63) is 22.1 Å². The number of carbonyl (C=O) groups excluding carboxylic acids is 1. The van der Waals surface area contributed by atoms with E-state index in [2.05, 4.69) is 18.5 Å². The van der Waals surface area contributed by atoms with Gasteiger partial charge in [-0.3, -0.25) is 4.79 Å². The Morgan fingerprint density at radius 3 is 2.52 bits per heavy atom. The molecule has 0 atom stereocenters. The third-order valence-corrected chi connectivity index (χ3v) is 4.08. The molecule has 0 heterocycles. The lowest BCUT2D eigenvalue weighted by Crippen LogP contribution is -2.37. The van der Waals surface area contributed by atoms with Gasteiger partial charge in [-0.1, -0.05) is 27.0 Å². The highest BCUT2D eigenvalue weighted by molar-refractivity contribution is 5.77. The summed E-state index contributed by atoms with van der Waals surface area (Å²) < 4.78 is 0. The van der Waals surface area contributed by atoms with Crippen LogP contribution < -0.4 is 15.8 Å². The summed E-state index contributed by atoms with van der Waals surface area (Å²) >= 11 is 0. The summed E-state index contributed by atoms with van der Waals surface area (Å²) in [7, 11) is 3.65. The molecule has 1 amide bonds. The molecule has 5 heteroatoms. The summed E-state index contributed by atoms with van der Waals surface area (Å²) in [6.07, 6.45) is 1.09. The number of nitrogens with one attached hydrogen (secondary N) is 1. The van der Waals surface area contributed by atoms with Crippen molar-refractivity contribution in [2.75, 3.05) is 27.2 Å². The van der Waals surface area contributed by atoms with Crippen LogP contribution in [0.5, 0.6) is 11.5 Å². The smallest absolute Gasteiger partial charge is 0.223 e. The van der Waals surface area contributed by atoms with Crippen molar-refractivity contribution in [3.63, 3.8) is 0 Å². The Kier molecular flexibility index (Phi) is 6.21. The van der Waals surface area contributed by atoms with E-state index >= 15 is 0 Å². The van der Waals surface area contributed by atoms with Gasteiger partial charge in [0.25, 0.3) is 0 Å². The molecule has 23 heavy (non-hydrogen) atoms. The van der Waals surface area contributed by atoms with E-state index in [-0.39, 0.29) is 23.8 Å². The molecule has 1 aromatic rings. The van der Waals surface area contributed by atoms with E-state index in [0.29, 0.717) is 22.5 Å². The number of carbonyl (C=O) groups is 1. The molecule has 0 aliphatic carbocycles. The second-order valence-corrected chi connectivity index (χ2v) is 6.59. The standard InChI is InChI=1S/C18H28N2O3/c1-12-10-14(21)13(2)16(17(12)23)18(3,4)11-15(22)20(6)9-7-8-19-5/h10,19,21,23H,1-2,7-9,11H2,3-6H3. The highest BCUT2D eigenvalue weighted by atomic mass is 16.3. The number of benzene rings is 1. The summed E-state index contributed by atoms with van der Waals surface area (Å²) in [6, 6.07) is 1.38. The highest BCUT2D eigenvalue weighted by Crippen LogP contribution is 2.30. The molecule has 0 bridgehead atoms. The third-order valence-electron chi connectivity index (χ3n) is 4.08. The molecule has 0 saturated heterocycles. The van der Waals surface area contributed by atoms with Crippen LogP contribution in [0.4, 0.5) is 0 Å². The van der Waals surface area contributed by atoms with Crippen LogP contribution in [0.25, 0.3) is 13.2 Å². The quantitative estimate of drug-likeness (QED) is 0.510. The number of rotatable bonds is 7. The van der Waals surface area contributed by atoms with E-state index in [0.717, 1.165) is 13.0 Å². The number of amides is 1. The Bertz CT molecular complexity index is 668. The molecule has 0 aliphatic rings. The maximum atomic E-state index is 12.4. The first-order chi connectivity index (χ1) is 10.6. The Hall–Kier alpha value is -2.01. The molecule has 0 unspecified atom stereocenters. The first-order valence-electron chi connectivity index (χ1n) is 7.73. The largest absolute Gasteiger partial charge is 0.507 e. The number of phenolic OH excluding ortho intramolecular Hbond substituents is 2. The monoisotopic (exact) mass is 320 g/mol. The van der Waals surface area contributed by atoms with Gasteiger partial charge in [0.05, 0.1) is 0 Å². The lowest BCUT2D eigenvalue weighted by Gasteiger charge is -2.29. The fraction of sp³-hybridized carbons (Fsp3) is 0.500. The van der Waals surface area contributed by atoms with Crippen molar-refractivity contribution in [1.82, 2.24) is 10.2 Å². The van der Waals surface area contributed by atoms with Crippen LogP contribution in [0.1, 0.15) is 32.3 Å². The summed E-state index contributed by atoms with van der Waals surface area (Å²) in [5.74, 6) is -0.0482. The lowest BCUT2D eigenvalue weighted by atomic mass is 9.79. The third kappa shape index (κ3) is 4.48. The normalized spacial score (nSPS) is 11.5. The van der Waals surface area contributed by atoms with Gasteiger partial charge in [-0.05, 0) is 26.1 Å². The maximum Gasteiger partial charge on any atom is 0.223 e. The van der Waals surface area contributed by atoms with Gasteiger partial charge in [0.1, 0.15) is 11.5 Å². The number of aromatic hydroxyl groups is 2. The highest BCUT2D eigenvalue weighted by Gasteiger charge is 2.30. The minimum Gasteiger partial charge on any atom is -0.507 e. The predicted molar refractivity (Wildman–Crippen MR) is 93.9 cm³/mol. The van der Waals surface area contributed by atoms with E-state index < -0.39 is 5.41 Å². The number of hydrogen-bond donors (Lipinski definition) is 3. The maximum absolute atomic E-state index is 12.4. The Balaban J connectivity index is 3.02. The van der Waals surface area contributed by atoms with Crippen LogP contribution in [-0.2, 0) is 10.2 Å². The zero-order valence-electron chi connectivity index (χ0n) is 14.6. The summed E-state index contributed by atoms with van der Waals surface area (Å²) in [6.45, 7) is 12.8. The predicted octanol–water partition coefficient (Wildman–Crippen LogP) is 0.654. The zero-order valence-corrected chi connectivity index (χ0v) is 14.6. The van der Waals surface area contributed by atoms with Crippen LogP contribution in [0.15, 0.2) is 6.07 Å². The number of nitrogens with zero attached hydrogens (tertiary/aromatic N) is 1. The van der Waals surface area contributed by atoms with Crippen molar-refractivity contribution in [3.8, 4) is 11.5 Å². The van der Waals surface area contributed by atoms with Crippen molar-refractivity contribution < 1.29 is 15.0 Å². The first-order valence-corrected chi connectivity index (χ1v) is 7.73. The van der Waals surface area contributed by atoms with E-state index in [9.17, 15) is 15.0 Å². The van der Waals surface area contributed by atoms with E-state index in [1.54, 1.807) is 11.9 Å². The van der Waals surface area contributed by atoms with E-state index in [4.69, 9.17) is 0 Å². The summed E-state index contributed by atoms with van der Waals surface area (Å²) in [5, 5.41) is 24.0. The van der Waals surface area contributed by atoms with Gasteiger partial charge in [0.15, 0.2) is 0 Å². The Labute approximate surface area is 137 Å². The van der Waals surface area contributed by atoms with Gasteiger partial charge >= 0.3 is 0 Å². The van der Waals surface area contributed by atoms with Gasteiger partial charge in [-0.25, -0.2) is 0 Å². The minimum atomic E-state index is -0.666. The molecule has 0 aliphatic heterocycles. The topological polar surface area (TPSA) is 72.8 Å². The van der Waals surface area contributed by atoms with Gasteiger partial charge in [-0.2, -0.15) is 0 Å². The average molecular weight is 320 g/mol. The van der Waals surface area contributed by atoms with E-state index in [1.807, 2.05) is 20.9 Å². The molecule has 0 radical (unpaired) electrons. The van der Waals surface area contributed by atoms with Gasteiger partial charge in [-0.15, -0.1) is 0 Å². The fourth-order valence-electron chi connectivity index (χ4n) is 2.70. The van der Waals surface area contributed by atoms with Crippen LogP contribution >= 0.6 is 0 Å². The molecular formula is C18H28N2O3. The van der Waals surface area contributed by atoms with E-state index in [1.165, 1.54) is 6.07 Å². The van der Waals surface area contributed by atoms with Crippen LogP contribution in [0.3, 0.4) is 0 Å². The molecule has 0 spiro atoms. The van der Waals surface area contributed by atoms with Gasteiger partial charge in [0, 0.05) is 41.4 Å². The second kappa shape index (κ2) is 7.51. The van der Waals surface area contributed by atoms with Gasteiger partial charge in [0.2, 0.25) is 5.91 Å². The fourth-order valence-corrected chi connectivity index (χ4v) is 2.70. The number of phenols is 2. The van der Waals surface area contributed by atoms with Crippen LogP contribution in [-0.4, -0.2) is 48.2 Å². The molecule has 0 aromatic heterocycles. The molecule has 0 saturated carbocycles. The Morgan fingerprint density at radius 1 is 1.35 bits per heavy atom. The molecule has 3 N–H and O–H groups in total. The van der Waals surface area contributed by atoms with Crippen molar-refractivity contribution in [1.29, 1.82) is 0 Å². The first kappa shape index (κ1) is 19.0. The molecule has 5 nitrogen and oxygen atoms in total. The average Bonchev–Trinajstić information content (AvgIpc) is 2.44. The minimum absolute atomic E-state index is 0.0107. The molecule has 1 rings (SSSR count). The lowest BCUT2D eigenvalue weighted by molar-refractivity contribution is -0.131. The van der Waals surface area contributed by atoms with Crippen LogP contribution in [0, 0.1) is 0 Å². The molecule has 1 aromatic carbocycles.